The number of hydrogen-bond donors (Lipinski definition) is 1. The second-order valence-electron chi connectivity index (χ2n) is 11.8. The Morgan fingerprint density at radius 3 is 2.26 bits per heavy atom. The molecule has 5 aromatic rings. The third kappa shape index (κ3) is 7.87. The zero-order valence-corrected chi connectivity index (χ0v) is 26.9. The molecule has 42 heavy (non-hydrogen) atoms. The minimum absolute atomic E-state index is 0. The minimum Gasteiger partial charge on any atom is -0.512 e. The molecule has 0 aliphatic heterocycles. The summed E-state index contributed by atoms with van der Waals surface area (Å²) in [4.78, 5) is 19.8. The molecule has 2 aromatic heterocycles. The van der Waals surface area contributed by atoms with Crippen LogP contribution in [0, 0.1) is 22.7 Å². The summed E-state index contributed by atoms with van der Waals surface area (Å²) in [6.45, 7) is 11.1. The van der Waals surface area contributed by atoms with E-state index in [2.05, 4.69) is 16.0 Å². The summed E-state index contributed by atoms with van der Waals surface area (Å²) >= 11 is 0. The monoisotopic (exact) mass is 742 g/mol. The fourth-order valence-corrected chi connectivity index (χ4v) is 3.97. The first kappa shape index (κ1) is 32.6. The van der Waals surface area contributed by atoms with Gasteiger partial charge in [0.2, 0.25) is 5.88 Å². The molecule has 5 nitrogen and oxygen atoms in total. The molecule has 1 radical (unpaired) electrons. The van der Waals surface area contributed by atoms with Gasteiger partial charge in [-0.05, 0) is 28.3 Å². The van der Waals surface area contributed by atoms with Crippen LogP contribution in [-0.4, -0.2) is 20.9 Å². The van der Waals surface area contributed by atoms with Crippen molar-refractivity contribution in [3.05, 3.63) is 109 Å². The van der Waals surface area contributed by atoms with E-state index in [0.29, 0.717) is 17.0 Å². The molecule has 0 fully saturated rings. The van der Waals surface area contributed by atoms with E-state index in [4.69, 9.17) is 4.74 Å². The summed E-state index contributed by atoms with van der Waals surface area (Å²) in [6.07, 6.45) is 6.24. The third-order valence-electron chi connectivity index (χ3n) is 6.47. The van der Waals surface area contributed by atoms with E-state index in [1.54, 1.807) is 24.5 Å². The number of hydrogen-bond acceptors (Lipinski definition) is 5. The fraction of sp³-hybridized carbons (Fsp3) is 0.229. The van der Waals surface area contributed by atoms with E-state index >= 15 is 0 Å². The number of rotatable bonds is 4. The number of aromatic nitrogens is 2. The van der Waals surface area contributed by atoms with Crippen LogP contribution in [0.15, 0.2) is 97.2 Å². The second-order valence-corrected chi connectivity index (χ2v) is 11.8. The zero-order valence-electron chi connectivity index (χ0n) is 24.5. The van der Waals surface area contributed by atoms with Gasteiger partial charge in [0, 0.05) is 65.4 Å². The number of halogens is 1. The van der Waals surface area contributed by atoms with Gasteiger partial charge in [-0.1, -0.05) is 102 Å². The summed E-state index contributed by atoms with van der Waals surface area (Å²) in [5, 5.41) is 12.8. The Balaban J connectivity index is 0.000000297. The molecule has 7 heteroatoms. The fourth-order valence-electron chi connectivity index (χ4n) is 3.97. The Bertz CT molecular complexity index is 1710. The SMILES string of the molecule is CC(C)(C)C(=O)/C=C(\O)C(C)(C)C.Fc1ccc(-c2ccccc2)c2c1ccc1cnc(Oc3[c-]cncc3)cc12.[Ir]. The summed E-state index contributed by atoms with van der Waals surface area (Å²) in [7, 11) is 0. The van der Waals surface area contributed by atoms with Crippen molar-refractivity contribution in [1.29, 1.82) is 0 Å². The molecule has 0 spiro atoms. The molecule has 0 amide bonds. The average Bonchev–Trinajstić information content (AvgIpc) is 2.93. The quantitative estimate of drug-likeness (QED) is 0.0861. The maximum atomic E-state index is 14.6. The molecule has 0 aliphatic rings. The Labute approximate surface area is 259 Å². The van der Waals surface area contributed by atoms with Gasteiger partial charge in [0.15, 0.2) is 5.78 Å². The Morgan fingerprint density at radius 2 is 1.64 bits per heavy atom. The molecule has 0 bridgehead atoms. The van der Waals surface area contributed by atoms with Gasteiger partial charge < -0.3 is 14.8 Å². The van der Waals surface area contributed by atoms with Crippen molar-refractivity contribution >= 4 is 27.3 Å². The topological polar surface area (TPSA) is 72.3 Å². The van der Waals surface area contributed by atoms with Gasteiger partial charge >= 0.3 is 0 Å². The van der Waals surface area contributed by atoms with Crippen molar-refractivity contribution in [1.82, 2.24) is 9.97 Å². The van der Waals surface area contributed by atoms with Gasteiger partial charge in [-0.2, -0.15) is 12.1 Å². The van der Waals surface area contributed by atoms with Crippen molar-refractivity contribution < 1.29 is 39.1 Å². The van der Waals surface area contributed by atoms with Crippen LogP contribution in [0.3, 0.4) is 0 Å². The van der Waals surface area contributed by atoms with Crippen molar-refractivity contribution in [3.63, 3.8) is 0 Å². The molecule has 0 saturated carbocycles. The molecule has 0 saturated heterocycles. The van der Waals surface area contributed by atoms with Crippen LogP contribution in [0.25, 0.3) is 32.7 Å². The number of benzene rings is 3. The number of fused-ring (bicyclic) bond motifs is 3. The molecule has 0 unspecified atom stereocenters. The van der Waals surface area contributed by atoms with E-state index in [1.807, 2.05) is 90.1 Å². The zero-order chi connectivity index (χ0) is 29.8. The van der Waals surface area contributed by atoms with Gasteiger partial charge in [-0.15, -0.1) is 0 Å². The van der Waals surface area contributed by atoms with E-state index in [-0.39, 0.29) is 42.9 Å². The molecule has 5 rings (SSSR count). The largest absolute Gasteiger partial charge is 0.512 e. The number of allylic oxidation sites excluding steroid dienone is 2. The number of ketones is 1. The maximum absolute atomic E-state index is 14.6. The van der Waals surface area contributed by atoms with Crippen molar-refractivity contribution in [2.45, 2.75) is 41.5 Å². The predicted molar refractivity (Wildman–Crippen MR) is 162 cm³/mol. The van der Waals surface area contributed by atoms with Gasteiger partial charge in [-0.25, -0.2) is 9.37 Å². The van der Waals surface area contributed by atoms with Crippen LogP contribution in [0.4, 0.5) is 4.39 Å². The van der Waals surface area contributed by atoms with Gasteiger partial charge in [0.25, 0.3) is 0 Å². The summed E-state index contributed by atoms with van der Waals surface area (Å²) in [5.74, 6) is 0.799. The third-order valence-corrected chi connectivity index (χ3v) is 6.47. The Kier molecular flexibility index (Phi) is 10.4. The predicted octanol–water partition coefficient (Wildman–Crippen LogP) is 9.27. The Morgan fingerprint density at radius 1 is 0.929 bits per heavy atom. The number of aliphatic hydroxyl groups is 1. The number of aliphatic hydroxyl groups excluding tert-OH is 1. The average molecular weight is 742 g/mol. The first-order valence-corrected chi connectivity index (χ1v) is 13.4. The first-order chi connectivity index (χ1) is 19.3. The standard InChI is InChI=1S/C24H14FN2O.C11H20O2.Ir/c25-22-9-8-19(16-4-2-1-3-5-16)24-20(22)7-6-17-15-27-23(14-21(17)24)28-18-10-12-26-13-11-18;1-10(2,3)8(12)7-9(13)11(4,5)6;/h1-10,12-15H;7,12H,1-6H3;/q-1;;/b;8-7-;. The van der Waals surface area contributed by atoms with Crippen LogP contribution < -0.4 is 4.74 Å². The molecule has 1 N–H and O–H groups in total. The first-order valence-electron chi connectivity index (χ1n) is 13.4. The molecule has 0 atom stereocenters. The van der Waals surface area contributed by atoms with E-state index in [0.717, 1.165) is 27.3 Å². The van der Waals surface area contributed by atoms with Crippen LogP contribution in [0.2, 0.25) is 0 Å². The van der Waals surface area contributed by atoms with Crippen LogP contribution in [0.5, 0.6) is 11.6 Å². The molecular weight excluding hydrogens is 708 g/mol. The second kappa shape index (κ2) is 13.4. The maximum Gasteiger partial charge on any atom is 0.216 e. The number of ether oxygens (including phenoxy) is 1. The molecular formula is C35H34FIrN2O3-. The molecule has 2 heterocycles. The summed E-state index contributed by atoms with van der Waals surface area (Å²) < 4.78 is 20.4. The van der Waals surface area contributed by atoms with Crippen molar-refractivity contribution in [3.8, 4) is 22.8 Å². The van der Waals surface area contributed by atoms with E-state index in [9.17, 15) is 14.3 Å². The van der Waals surface area contributed by atoms with Crippen molar-refractivity contribution in [2.24, 2.45) is 10.8 Å². The Hall–Kier alpha value is -3.93. The molecule has 0 aliphatic carbocycles. The minimum atomic E-state index is -0.417. The smallest absolute Gasteiger partial charge is 0.216 e. The summed E-state index contributed by atoms with van der Waals surface area (Å²) in [5.41, 5.74) is 1.23. The normalized spacial score (nSPS) is 11.8. The number of carbonyl (C=O) groups is 1. The van der Waals surface area contributed by atoms with Crippen LogP contribution >= 0.6 is 0 Å². The van der Waals surface area contributed by atoms with Crippen LogP contribution in [0.1, 0.15) is 41.5 Å². The van der Waals surface area contributed by atoms with Gasteiger partial charge in [0.1, 0.15) is 11.6 Å². The van der Waals surface area contributed by atoms with Crippen LogP contribution in [-0.2, 0) is 24.9 Å². The van der Waals surface area contributed by atoms with Crippen molar-refractivity contribution in [2.75, 3.05) is 0 Å². The van der Waals surface area contributed by atoms with E-state index in [1.165, 1.54) is 18.3 Å². The van der Waals surface area contributed by atoms with E-state index < -0.39 is 5.41 Å². The molecule has 219 valence electrons. The van der Waals surface area contributed by atoms with Gasteiger partial charge in [-0.3, -0.25) is 4.79 Å². The summed E-state index contributed by atoms with van der Waals surface area (Å²) in [6, 6.07) is 23.5. The number of carbonyl (C=O) groups excluding carboxylic acids is 1. The van der Waals surface area contributed by atoms with Gasteiger partial charge in [0.05, 0.1) is 0 Å². The molecule has 3 aromatic carbocycles. The number of pyridine rings is 2. The number of nitrogens with zero attached hydrogens (tertiary/aromatic N) is 2.